The maximum absolute atomic E-state index is 12.2. The van der Waals surface area contributed by atoms with Crippen LogP contribution in [0.1, 0.15) is 18.4 Å². The fourth-order valence-electron chi connectivity index (χ4n) is 1.77. The molecule has 1 heterocycles. The fourth-order valence-corrected chi connectivity index (χ4v) is 2.88. The van der Waals surface area contributed by atoms with Crippen LogP contribution in [-0.2, 0) is 23.0 Å². The summed E-state index contributed by atoms with van der Waals surface area (Å²) in [5.41, 5.74) is 0.927. The molecule has 0 spiro atoms. The monoisotopic (exact) mass is 310 g/mol. The average molecular weight is 310 g/mol. The molecule has 0 saturated heterocycles. The fraction of sp³-hybridized carbons (Fsp3) is 0.385. The Morgan fingerprint density at radius 2 is 2.19 bits per heavy atom. The minimum Gasteiger partial charge on any atom is -0.340 e. The highest BCUT2D eigenvalue weighted by Crippen LogP contribution is 2.11. The van der Waals surface area contributed by atoms with Crippen LogP contribution in [-0.4, -0.2) is 31.6 Å². The molecule has 2 aromatic rings. The summed E-state index contributed by atoms with van der Waals surface area (Å²) >= 11 is 0. The van der Waals surface area contributed by atoms with Gasteiger partial charge in [-0.15, -0.1) is 0 Å². The Hall–Kier alpha value is -1.77. The summed E-state index contributed by atoms with van der Waals surface area (Å²) < 4.78 is 31.7. The summed E-state index contributed by atoms with van der Waals surface area (Å²) in [6.45, 7) is 3.68. The van der Waals surface area contributed by atoms with Crippen molar-refractivity contribution in [1.29, 1.82) is 0 Å². The number of benzene rings is 1. The first-order valence-electron chi connectivity index (χ1n) is 6.66. The summed E-state index contributed by atoms with van der Waals surface area (Å²) in [5.74, 6) is 0.401. The smallest absolute Gasteiger partial charge is 0.240 e. The molecule has 0 atom stereocenters. The van der Waals surface area contributed by atoms with Crippen LogP contribution in [0.5, 0.6) is 0 Å². The number of aromatic nitrogens is 2. The zero-order valence-electron chi connectivity index (χ0n) is 11.7. The predicted molar refractivity (Wildman–Crippen MR) is 77.0 cm³/mol. The molecule has 0 radical (unpaired) electrons. The summed E-state index contributed by atoms with van der Waals surface area (Å²) in [6, 6.07) is 6.86. The topological polar surface area (TPSA) is 97.1 Å². The second kappa shape index (κ2) is 7.30. The van der Waals surface area contributed by atoms with Crippen LogP contribution in [0, 0.1) is 0 Å². The van der Waals surface area contributed by atoms with Crippen molar-refractivity contribution < 1.29 is 12.9 Å². The molecule has 0 amide bonds. The molecular weight excluding hydrogens is 292 g/mol. The highest BCUT2D eigenvalue weighted by atomic mass is 32.2. The van der Waals surface area contributed by atoms with Crippen LogP contribution in [0.15, 0.2) is 40.0 Å². The van der Waals surface area contributed by atoms with Gasteiger partial charge in [0.05, 0.1) is 4.90 Å². The van der Waals surface area contributed by atoms with E-state index < -0.39 is 10.0 Å². The number of rotatable bonds is 8. The van der Waals surface area contributed by atoms with E-state index in [0.29, 0.717) is 18.9 Å². The van der Waals surface area contributed by atoms with Crippen LogP contribution in [0.25, 0.3) is 0 Å². The van der Waals surface area contributed by atoms with Gasteiger partial charge in [-0.25, -0.2) is 13.1 Å². The van der Waals surface area contributed by atoms with Gasteiger partial charge in [0.1, 0.15) is 0 Å². The highest BCUT2D eigenvalue weighted by Gasteiger charge is 2.14. The van der Waals surface area contributed by atoms with Gasteiger partial charge in [-0.1, -0.05) is 24.2 Å². The molecule has 0 fully saturated rings. The summed E-state index contributed by atoms with van der Waals surface area (Å²) in [7, 11) is -3.53. The maximum atomic E-state index is 12.2. The van der Waals surface area contributed by atoms with Gasteiger partial charge >= 0.3 is 0 Å². The van der Waals surface area contributed by atoms with Crippen molar-refractivity contribution in [2.24, 2.45) is 0 Å². The van der Waals surface area contributed by atoms with Crippen molar-refractivity contribution in [1.82, 2.24) is 20.2 Å². The number of nitrogens with one attached hydrogen (secondary N) is 2. The van der Waals surface area contributed by atoms with Gasteiger partial charge in [0.2, 0.25) is 15.9 Å². The standard InChI is InChI=1S/C13H18N4O3S/c1-2-14-9-11-4-3-5-12(8-11)21(18,19)17-7-6-13-15-10-16-20-13/h3-5,8,10,14,17H,2,6-7,9H2,1H3. The molecule has 2 N–H and O–H groups in total. The molecule has 0 saturated carbocycles. The van der Waals surface area contributed by atoms with Gasteiger partial charge in [0.25, 0.3) is 0 Å². The van der Waals surface area contributed by atoms with Crippen LogP contribution in [0.3, 0.4) is 0 Å². The summed E-state index contributed by atoms with van der Waals surface area (Å²) in [5, 5.41) is 6.63. The third-order valence-corrected chi connectivity index (χ3v) is 4.28. The molecule has 114 valence electrons. The van der Waals surface area contributed by atoms with Crippen LogP contribution < -0.4 is 10.0 Å². The number of hydrogen-bond acceptors (Lipinski definition) is 6. The molecule has 21 heavy (non-hydrogen) atoms. The lowest BCUT2D eigenvalue weighted by atomic mass is 10.2. The third kappa shape index (κ3) is 4.62. The highest BCUT2D eigenvalue weighted by molar-refractivity contribution is 7.89. The maximum Gasteiger partial charge on any atom is 0.240 e. The molecular formula is C13H18N4O3S. The first-order valence-corrected chi connectivity index (χ1v) is 8.15. The third-order valence-electron chi connectivity index (χ3n) is 2.83. The Morgan fingerprint density at radius 3 is 2.90 bits per heavy atom. The second-order valence-corrected chi connectivity index (χ2v) is 6.18. The molecule has 1 aromatic heterocycles. The van der Waals surface area contributed by atoms with Crippen molar-refractivity contribution in [2.75, 3.05) is 13.1 Å². The zero-order valence-corrected chi connectivity index (χ0v) is 12.6. The van der Waals surface area contributed by atoms with E-state index in [-0.39, 0.29) is 11.4 Å². The first kappa shape index (κ1) is 15.6. The van der Waals surface area contributed by atoms with E-state index in [1.54, 1.807) is 18.2 Å². The zero-order chi connectivity index (χ0) is 15.1. The van der Waals surface area contributed by atoms with Crippen LogP contribution in [0.2, 0.25) is 0 Å². The van der Waals surface area contributed by atoms with Crippen molar-refractivity contribution in [3.8, 4) is 0 Å². The quantitative estimate of drug-likeness (QED) is 0.745. The van der Waals surface area contributed by atoms with E-state index in [2.05, 4.69) is 20.2 Å². The van der Waals surface area contributed by atoms with Gasteiger partial charge in [-0.2, -0.15) is 4.98 Å². The summed E-state index contributed by atoms with van der Waals surface area (Å²) in [4.78, 5) is 4.09. The predicted octanol–water partition coefficient (Wildman–Crippen LogP) is 0.700. The van der Waals surface area contributed by atoms with E-state index in [0.717, 1.165) is 12.1 Å². The lowest BCUT2D eigenvalue weighted by molar-refractivity contribution is 0.377. The van der Waals surface area contributed by atoms with Crippen molar-refractivity contribution in [2.45, 2.75) is 24.8 Å². The van der Waals surface area contributed by atoms with Crippen LogP contribution in [0.4, 0.5) is 0 Å². The van der Waals surface area contributed by atoms with E-state index >= 15 is 0 Å². The Balaban J connectivity index is 1.98. The molecule has 7 nitrogen and oxygen atoms in total. The Kier molecular flexibility index (Phi) is 5.43. The molecule has 8 heteroatoms. The van der Waals surface area contributed by atoms with Gasteiger partial charge in [0.15, 0.2) is 6.33 Å². The number of hydrogen-bond donors (Lipinski definition) is 2. The SMILES string of the molecule is CCNCc1cccc(S(=O)(=O)NCCc2ncno2)c1. The van der Waals surface area contributed by atoms with Gasteiger partial charge in [-0.3, -0.25) is 0 Å². The van der Waals surface area contributed by atoms with Crippen molar-refractivity contribution >= 4 is 10.0 Å². The molecule has 2 rings (SSSR count). The van der Waals surface area contributed by atoms with Gasteiger partial charge in [0, 0.05) is 19.5 Å². The molecule has 0 unspecified atom stereocenters. The van der Waals surface area contributed by atoms with Crippen molar-refractivity contribution in [3.63, 3.8) is 0 Å². The van der Waals surface area contributed by atoms with E-state index in [1.165, 1.54) is 6.33 Å². The minimum absolute atomic E-state index is 0.210. The number of nitrogens with zero attached hydrogens (tertiary/aromatic N) is 2. The molecule has 0 aliphatic heterocycles. The Morgan fingerprint density at radius 1 is 1.33 bits per heavy atom. The molecule has 0 aliphatic rings. The lowest BCUT2D eigenvalue weighted by Crippen LogP contribution is -2.26. The summed E-state index contributed by atoms with van der Waals surface area (Å²) in [6.07, 6.45) is 1.64. The molecule has 0 bridgehead atoms. The second-order valence-electron chi connectivity index (χ2n) is 4.41. The van der Waals surface area contributed by atoms with E-state index in [4.69, 9.17) is 4.52 Å². The van der Waals surface area contributed by atoms with Crippen LogP contribution >= 0.6 is 0 Å². The van der Waals surface area contributed by atoms with E-state index in [1.807, 2.05) is 13.0 Å². The van der Waals surface area contributed by atoms with Crippen molar-refractivity contribution in [3.05, 3.63) is 42.0 Å². The van der Waals surface area contributed by atoms with Gasteiger partial charge in [-0.05, 0) is 24.2 Å². The minimum atomic E-state index is -3.53. The van der Waals surface area contributed by atoms with E-state index in [9.17, 15) is 8.42 Å². The lowest BCUT2D eigenvalue weighted by Gasteiger charge is -2.08. The molecule has 1 aromatic carbocycles. The average Bonchev–Trinajstić information content (AvgIpc) is 2.98. The molecule has 0 aliphatic carbocycles. The first-order chi connectivity index (χ1) is 10.1. The Labute approximate surface area is 123 Å². The largest absolute Gasteiger partial charge is 0.340 e. The Bertz CT molecular complexity index is 656. The van der Waals surface area contributed by atoms with Gasteiger partial charge < -0.3 is 9.84 Å². The number of sulfonamides is 1. The normalized spacial score (nSPS) is 11.7.